The molecule has 3 rings (SSSR count). The highest BCUT2D eigenvalue weighted by Crippen LogP contribution is 2.28. The molecule has 0 spiro atoms. The van der Waals surface area contributed by atoms with Crippen molar-refractivity contribution in [2.45, 2.75) is 25.3 Å². The number of amides is 1. The van der Waals surface area contributed by atoms with Gasteiger partial charge in [0.15, 0.2) is 5.58 Å². The molecule has 1 unspecified atom stereocenters. The molecular formula is C14H18N4O2. The summed E-state index contributed by atoms with van der Waals surface area (Å²) in [5.74, 6) is 0.00599. The Morgan fingerprint density at radius 2 is 2.35 bits per heavy atom. The van der Waals surface area contributed by atoms with Crippen LogP contribution in [0.25, 0.3) is 11.1 Å². The maximum atomic E-state index is 12.0. The Morgan fingerprint density at radius 1 is 1.50 bits per heavy atom. The van der Waals surface area contributed by atoms with Crippen molar-refractivity contribution in [2.75, 3.05) is 24.2 Å². The molecule has 1 aliphatic heterocycles. The summed E-state index contributed by atoms with van der Waals surface area (Å²) in [6, 6.07) is 5.67. The van der Waals surface area contributed by atoms with Crippen LogP contribution in [0.2, 0.25) is 0 Å². The number of piperidine rings is 1. The van der Waals surface area contributed by atoms with E-state index < -0.39 is 0 Å². The number of aromatic nitrogens is 1. The molecule has 2 heterocycles. The molecule has 1 aromatic heterocycles. The second-order valence-corrected chi connectivity index (χ2v) is 5.04. The van der Waals surface area contributed by atoms with Gasteiger partial charge < -0.3 is 20.4 Å². The van der Waals surface area contributed by atoms with Crippen molar-refractivity contribution in [2.24, 2.45) is 0 Å². The number of anilines is 2. The summed E-state index contributed by atoms with van der Waals surface area (Å²) in [6.45, 7) is 0.778. The standard InChI is InChI=1S/C14H18N4O2/c1-16-13(19)11-4-2-3-7-18(11)14-17-10-6-5-9(15)8-12(10)20-14/h5-6,8,11H,2-4,7,15H2,1H3,(H,16,19). The summed E-state index contributed by atoms with van der Waals surface area (Å²) in [6.07, 6.45) is 2.90. The van der Waals surface area contributed by atoms with E-state index in [1.54, 1.807) is 19.2 Å². The highest BCUT2D eigenvalue weighted by atomic mass is 16.4. The highest BCUT2D eigenvalue weighted by molar-refractivity contribution is 5.85. The number of nitrogens with two attached hydrogens (primary N) is 1. The smallest absolute Gasteiger partial charge is 0.299 e. The molecule has 106 valence electrons. The molecular weight excluding hydrogens is 256 g/mol. The van der Waals surface area contributed by atoms with Crippen LogP contribution in [-0.2, 0) is 4.79 Å². The molecule has 0 bridgehead atoms. The molecule has 2 aromatic rings. The van der Waals surface area contributed by atoms with Gasteiger partial charge in [0, 0.05) is 25.3 Å². The summed E-state index contributed by atoms with van der Waals surface area (Å²) in [4.78, 5) is 18.4. The fraction of sp³-hybridized carbons (Fsp3) is 0.429. The number of hydrogen-bond donors (Lipinski definition) is 2. The minimum atomic E-state index is -0.209. The van der Waals surface area contributed by atoms with Crippen LogP contribution in [-0.4, -0.2) is 30.5 Å². The van der Waals surface area contributed by atoms with Crippen LogP contribution < -0.4 is 16.0 Å². The van der Waals surface area contributed by atoms with Gasteiger partial charge in [-0.25, -0.2) is 0 Å². The molecule has 1 saturated heterocycles. The number of carbonyl (C=O) groups is 1. The number of oxazole rings is 1. The van der Waals surface area contributed by atoms with Crippen LogP contribution in [0.1, 0.15) is 19.3 Å². The van der Waals surface area contributed by atoms with Crippen LogP contribution in [0.3, 0.4) is 0 Å². The van der Waals surface area contributed by atoms with E-state index in [0.717, 1.165) is 31.3 Å². The third-order valence-corrected chi connectivity index (χ3v) is 3.70. The predicted octanol–water partition coefficient (Wildman–Crippen LogP) is 1.51. The number of benzene rings is 1. The maximum absolute atomic E-state index is 12.0. The zero-order valence-electron chi connectivity index (χ0n) is 11.4. The molecule has 1 fully saturated rings. The first-order valence-corrected chi connectivity index (χ1v) is 6.83. The highest BCUT2D eigenvalue weighted by Gasteiger charge is 2.31. The molecule has 20 heavy (non-hydrogen) atoms. The van der Waals surface area contributed by atoms with Crippen molar-refractivity contribution in [3.8, 4) is 0 Å². The van der Waals surface area contributed by atoms with E-state index in [1.165, 1.54) is 0 Å². The largest absolute Gasteiger partial charge is 0.423 e. The first-order valence-electron chi connectivity index (χ1n) is 6.83. The lowest BCUT2D eigenvalue weighted by atomic mass is 10.0. The second-order valence-electron chi connectivity index (χ2n) is 5.04. The number of nitrogen functional groups attached to an aromatic ring is 1. The monoisotopic (exact) mass is 274 g/mol. The van der Waals surface area contributed by atoms with E-state index in [-0.39, 0.29) is 11.9 Å². The van der Waals surface area contributed by atoms with E-state index in [9.17, 15) is 4.79 Å². The van der Waals surface area contributed by atoms with Crippen molar-refractivity contribution in [3.05, 3.63) is 18.2 Å². The van der Waals surface area contributed by atoms with Gasteiger partial charge in [0.1, 0.15) is 11.6 Å². The third-order valence-electron chi connectivity index (χ3n) is 3.70. The van der Waals surface area contributed by atoms with Gasteiger partial charge in [-0.2, -0.15) is 4.98 Å². The molecule has 3 N–H and O–H groups in total. The predicted molar refractivity (Wildman–Crippen MR) is 77.5 cm³/mol. The number of carbonyl (C=O) groups excluding carboxylic acids is 1. The number of nitrogens with zero attached hydrogens (tertiary/aromatic N) is 2. The van der Waals surface area contributed by atoms with Crippen LogP contribution >= 0.6 is 0 Å². The average Bonchev–Trinajstić information content (AvgIpc) is 2.89. The minimum Gasteiger partial charge on any atom is -0.423 e. The van der Waals surface area contributed by atoms with Gasteiger partial charge in [-0.3, -0.25) is 4.79 Å². The lowest BCUT2D eigenvalue weighted by molar-refractivity contribution is -0.122. The van der Waals surface area contributed by atoms with E-state index in [4.69, 9.17) is 10.2 Å². The molecule has 0 radical (unpaired) electrons. The van der Waals surface area contributed by atoms with E-state index in [2.05, 4.69) is 10.3 Å². The summed E-state index contributed by atoms with van der Waals surface area (Å²) >= 11 is 0. The zero-order chi connectivity index (χ0) is 14.1. The Labute approximate surface area is 116 Å². The molecule has 0 saturated carbocycles. The van der Waals surface area contributed by atoms with Gasteiger partial charge in [-0.05, 0) is 31.4 Å². The molecule has 1 aliphatic rings. The summed E-state index contributed by atoms with van der Waals surface area (Å²) in [5.41, 5.74) is 7.80. The molecule has 1 aromatic carbocycles. The number of hydrogen-bond acceptors (Lipinski definition) is 5. The van der Waals surface area contributed by atoms with Crippen molar-refractivity contribution >= 4 is 28.7 Å². The van der Waals surface area contributed by atoms with Gasteiger partial charge in [0.2, 0.25) is 5.91 Å². The third kappa shape index (κ3) is 2.17. The fourth-order valence-corrected chi connectivity index (χ4v) is 2.65. The molecule has 6 nitrogen and oxygen atoms in total. The summed E-state index contributed by atoms with van der Waals surface area (Å²) in [7, 11) is 1.65. The van der Waals surface area contributed by atoms with E-state index in [1.807, 2.05) is 11.0 Å². The summed E-state index contributed by atoms with van der Waals surface area (Å²) in [5, 5.41) is 2.71. The van der Waals surface area contributed by atoms with Crippen molar-refractivity contribution in [3.63, 3.8) is 0 Å². The zero-order valence-corrected chi connectivity index (χ0v) is 11.4. The van der Waals surface area contributed by atoms with Gasteiger partial charge in [-0.15, -0.1) is 0 Å². The lowest BCUT2D eigenvalue weighted by Gasteiger charge is -2.32. The van der Waals surface area contributed by atoms with Gasteiger partial charge in [-0.1, -0.05) is 0 Å². The van der Waals surface area contributed by atoms with Crippen molar-refractivity contribution in [1.82, 2.24) is 10.3 Å². The lowest BCUT2D eigenvalue weighted by Crippen LogP contribution is -2.49. The minimum absolute atomic E-state index is 0.00599. The molecule has 1 amide bonds. The van der Waals surface area contributed by atoms with E-state index >= 15 is 0 Å². The second kappa shape index (κ2) is 5.03. The number of rotatable bonds is 2. The Morgan fingerprint density at radius 3 is 3.15 bits per heavy atom. The van der Waals surface area contributed by atoms with Crippen LogP contribution in [0, 0.1) is 0 Å². The molecule has 6 heteroatoms. The van der Waals surface area contributed by atoms with Gasteiger partial charge in [0.25, 0.3) is 6.01 Å². The van der Waals surface area contributed by atoms with Crippen molar-refractivity contribution < 1.29 is 9.21 Å². The Bertz CT molecular complexity index is 637. The number of fused-ring (bicyclic) bond motifs is 1. The van der Waals surface area contributed by atoms with Crippen LogP contribution in [0.15, 0.2) is 22.6 Å². The number of likely N-dealkylation sites (N-methyl/N-ethyl adjacent to an activating group) is 1. The SMILES string of the molecule is CNC(=O)C1CCCCN1c1nc2ccc(N)cc2o1. The van der Waals surface area contributed by atoms with Crippen molar-refractivity contribution in [1.29, 1.82) is 0 Å². The quantitative estimate of drug-likeness (QED) is 0.811. The summed E-state index contributed by atoms with van der Waals surface area (Å²) < 4.78 is 5.77. The molecule has 0 aliphatic carbocycles. The Balaban J connectivity index is 1.97. The molecule has 1 atom stereocenters. The normalized spacial score (nSPS) is 19.2. The van der Waals surface area contributed by atoms with Crippen LogP contribution in [0.5, 0.6) is 0 Å². The maximum Gasteiger partial charge on any atom is 0.299 e. The average molecular weight is 274 g/mol. The van der Waals surface area contributed by atoms with Gasteiger partial charge >= 0.3 is 0 Å². The van der Waals surface area contributed by atoms with Crippen LogP contribution in [0.4, 0.5) is 11.7 Å². The van der Waals surface area contributed by atoms with E-state index in [0.29, 0.717) is 17.3 Å². The number of nitrogens with one attached hydrogen (secondary N) is 1. The Hall–Kier alpha value is -2.24. The van der Waals surface area contributed by atoms with Gasteiger partial charge in [0.05, 0.1) is 0 Å². The topological polar surface area (TPSA) is 84.4 Å². The first-order chi connectivity index (χ1) is 9.69. The fourth-order valence-electron chi connectivity index (χ4n) is 2.65. The Kier molecular flexibility index (Phi) is 3.22. The first kappa shape index (κ1) is 12.8.